The van der Waals surface area contributed by atoms with Crippen LogP contribution in [-0.2, 0) is 11.2 Å². The molecule has 24 heavy (non-hydrogen) atoms. The standard InChI is InChI=1S/C18H21N3O3/c1-3-15-19-17(20-24-15)13-8-6-10-21(13)18(22)16-11(2)12-7-4-5-9-14(12)23-16/h4-5,7,9,11,13,16H,3,6,8,10H2,1-2H3/t11-,13-,16+/m0/s1. The minimum absolute atomic E-state index is 0.0176. The molecule has 4 rings (SSSR count). The minimum atomic E-state index is -0.472. The summed E-state index contributed by atoms with van der Waals surface area (Å²) in [4.78, 5) is 19.4. The SMILES string of the molecule is CCc1nc([C@@H]2CCCN2C(=O)[C@@H]2Oc3ccccc3[C@@H]2C)no1. The Morgan fingerprint density at radius 2 is 2.21 bits per heavy atom. The van der Waals surface area contributed by atoms with Crippen LogP contribution < -0.4 is 4.74 Å². The number of hydrogen-bond acceptors (Lipinski definition) is 5. The molecule has 1 amide bonds. The molecule has 0 unspecified atom stereocenters. The zero-order chi connectivity index (χ0) is 16.7. The number of carbonyl (C=O) groups excluding carboxylic acids is 1. The van der Waals surface area contributed by atoms with E-state index in [-0.39, 0.29) is 17.9 Å². The average Bonchev–Trinajstić information content (AvgIpc) is 3.32. The molecule has 6 heteroatoms. The first kappa shape index (κ1) is 15.2. The van der Waals surface area contributed by atoms with E-state index in [2.05, 4.69) is 10.1 Å². The van der Waals surface area contributed by atoms with Gasteiger partial charge in [0.05, 0.1) is 6.04 Å². The van der Waals surface area contributed by atoms with Crippen molar-refractivity contribution < 1.29 is 14.1 Å². The molecule has 3 atom stereocenters. The number of aromatic nitrogens is 2. The fourth-order valence-corrected chi connectivity index (χ4v) is 3.64. The molecule has 2 aliphatic heterocycles. The molecule has 2 aromatic rings. The maximum Gasteiger partial charge on any atom is 0.264 e. The first-order valence-electron chi connectivity index (χ1n) is 8.57. The number of likely N-dealkylation sites (tertiary alicyclic amines) is 1. The highest BCUT2D eigenvalue weighted by atomic mass is 16.5. The molecular weight excluding hydrogens is 306 g/mol. The van der Waals surface area contributed by atoms with Crippen LogP contribution in [-0.4, -0.2) is 33.6 Å². The third kappa shape index (κ3) is 2.37. The summed E-state index contributed by atoms with van der Waals surface area (Å²) in [5, 5.41) is 4.07. The molecule has 1 fully saturated rings. The molecule has 1 aromatic heterocycles. The fourth-order valence-electron chi connectivity index (χ4n) is 3.64. The molecule has 0 spiro atoms. The van der Waals surface area contributed by atoms with Gasteiger partial charge in [0, 0.05) is 24.4 Å². The van der Waals surface area contributed by atoms with E-state index in [9.17, 15) is 4.79 Å². The van der Waals surface area contributed by atoms with Crippen LogP contribution in [0.25, 0.3) is 0 Å². The Hall–Kier alpha value is -2.37. The molecule has 6 nitrogen and oxygen atoms in total. The monoisotopic (exact) mass is 327 g/mol. The van der Waals surface area contributed by atoms with E-state index in [1.165, 1.54) is 0 Å². The van der Waals surface area contributed by atoms with Gasteiger partial charge in [-0.3, -0.25) is 4.79 Å². The Morgan fingerprint density at radius 1 is 1.38 bits per heavy atom. The molecule has 0 radical (unpaired) electrons. The Bertz CT molecular complexity index is 757. The number of rotatable bonds is 3. The van der Waals surface area contributed by atoms with E-state index in [1.54, 1.807) is 0 Å². The predicted molar refractivity (Wildman–Crippen MR) is 86.6 cm³/mol. The number of hydrogen-bond donors (Lipinski definition) is 0. The lowest BCUT2D eigenvalue weighted by Gasteiger charge is -2.26. The van der Waals surface area contributed by atoms with Crippen molar-refractivity contribution in [2.45, 2.75) is 51.2 Å². The van der Waals surface area contributed by atoms with Crippen molar-refractivity contribution in [3.8, 4) is 5.75 Å². The summed E-state index contributed by atoms with van der Waals surface area (Å²) in [5.74, 6) is 2.10. The Morgan fingerprint density at radius 3 is 2.96 bits per heavy atom. The van der Waals surface area contributed by atoms with Crippen LogP contribution in [0.15, 0.2) is 28.8 Å². The molecule has 3 heterocycles. The first-order chi connectivity index (χ1) is 11.7. The largest absolute Gasteiger partial charge is 0.480 e. The van der Waals surface area contributed by atoms with Crippen molar-refractivity contribution in [3.05, 3.63) is 41.5 Å². The van der Waals surface area contributed by atoms with Gasteiger partial charge in [-0.25, -0.2) is 0 Å². The van der Waals surface area contributed by atoms with Gasteiger partial charge in [0.2, 0.25) is 5.89 Å². The number of carbonyl (C=O) groups is 1. The van der Waals surface area contributed by atoms with Crippen LogP contribution in [0, 0.1) is 0 Å². The summed E-state index contributed by atoms with van der Waals surface area (Å²) in [7, 11) is 0. The van der Waals surface area contributed by atoms with Crippen LogP contribution in [0.3, 0.4) is 0 Å². The topological polar surface area (TPSA) is 68.5 Å². The van der Waals surface area contributed by atoms with Gasteiger partial charge in [-0.15, -0.1) is 0 Å². The van der Waals surface area contributed by atoms with E-state index < -0.39 is 6.10 Å². The highest BCUT2D eigenvalue weighted by Gasteiger charge is 2.43. The Labute approximate surface area is 140 Å². The third-order valence-electron chi connectivity index (χ3n) is 4.98. The van der Waals surface area contributed by atoms with Crippen molar-refractivity contribution >= 4 is 5.91 Å². The summed E-state index contributed by atoms with van der Waals surface area (Å²) < 4.78 is 11.2. The number of amides is 1. The van der Waals surface area contributed by atoms with Crippen molar-refractivity contribution in [2.75, 3.05) is 6.54 Å². The van der Waals surface area contributed by atoms with Crippen LogP contribution in [0.2, 0.25) is 0 Å². The quantitative estimate of drug-likeness (QED) is 0.867. The second-order valence-corrected chi connectivity index (χ2v) is 6.45. The summed E-state index contributed by atoms with van der Waals surface area (Å²) in [6.45, 7) is 4.73. The van der Waals surface area contributed by atoms with Gasteiger partial charge < -0.3 is 14.2 Å². The smallest absolute Gasteiger partial charge is 0.264 e. The van der Waals surface area contributed by atoms with E-state index >= 15 is 0 Å². The second-order valence-electron chi connectivity index (χ2n) is 6.45. The Kier molecular flexibility index (Phi) is 3.75. The number of benzene rings is 1. The van der Waals surface area contributed by atoms with E-state index in [0.717, 1.165) is 24.2 Å². The second kappa shape index (κ2) is 5.92. The molecule has 2 aliphatic rings. The highest BCUT2D eigenvalue weighted by Crippen LogP contribution is 2.40. The summed E-state index contributed by atoms with van der Waals surface area (Å²) in [5.41, 5.74) is 1.10. The van der Waals surface area contributed by atoms with Crippen LogP contribution in [0.4, 0.5) is 0 Å². The lowest BCUT2D eigenvalue weighted by atomic mass is 9.96. The van der Waals surface area contributed by atoms with Crippen LogP contribution >= 0.6 is 0 Å². The maximum absolute atomic E-state index is 13.1. The van der Waals surface area contributed by atoms with E-state index in [4.69, 9.17) is 9.26 Å². The van der Waals surface area contributed by atoms with Crippen molar-refractivity contribution in [3.63, 3.8) is 0 Å². The third-order valence-corrected chi connectivity index (χ3v) is 4.98. The average molecular weight is 327 g/mol. The minimum Gasteiger partial charge on any atom is -0.480 e. The Balaban J connectivity index is 1.56. The van der Waals surface area contributed by atoms with Gasteiger partial charge in [0.1, 0.15) is 5.75 Å². The first-order valence-corrected chi connectivity index (χ1v) is 8.57. The van der Waals surface area contributed by atoms with Gasteiger partial charge in [-0.1, -0.05) is 37.2 Å². The van der Waals surface area contributed by atoms with Crippen LogP contribution in [0.1, 0.15) is 55.9 Å². The summed E-state index contributed by atoms with van der Waals surface area (Å²) in [6.07, 6.45) is 2.04. The number of ether oxygens (including phenoxy) is 1. The van der Waals surface area contributed by atoms with Gasteiger partial charge in [-0.2, -0.15) is 4.98 Å². The number of fused-ring (bicyclic) bond motifs is 1. The van der Waals surface area contributed by atoms with Crippen molar-refractivity contribution in [2.24, 2.45) is 0 Å². The molecule has 126 valence electrons. The maximum atomic E-state index is 13.1. The summed E-state index contributed by atoms with van der Waals surface area (Å²) >= 11 is 0. The molecule has 0 aliphatic carbocycles. The number of para-hydroxylation sites is 1. The molecule has 1 aromatic carbocycles. The highest BCUT2D eigenvalue weighted by molar-refractivity contribution is 5.84. The lowest BCUT2D eigenvalue weighted by Crippen LogP contribution is -2.42. The molecule has 1 saturated heterocycles. The molecule has 0 bridgehead atoms. The lowest BCUT2D eigenvalue weighted by molar-refractivity contribution is -0.139. The fraction of sp³-hybridized carbons (Fsp3) is 0.500. The van der Waals surface area contributed by atoms with Gasteiger partial charge in [0.25, 0.3) is 5.91 Å². The van der Waals surface area contributed by atoms with Gasteiger partial charge in [-0.05, 0) is 18.9 Å². The normalized spacial score (nSPS) is 25.6. The predicted octanol–water partition coefficient (Wildman–Crippen LogP) is 2.86. The van der Waals surface area contributed by atoms with E-state index in [0.29, 0.717) is 24.7 Å². The van der Waals surface area contributed by atoms with Crippen molar-refractivity contribution in [1.29, 1.82) is 0 Å². The zero-order valence-electron chi connectivity index (χ0n) is 13.9. The molecule has 0 saturated carbocycles. The molecular formula is C18H21N3O3. The molecule has 0 N–H and O–H groups in total. The number of aryl methyl sites for hydroxylation is 1. The number of nitrogens with zero attached hydrogens (tertiary/aromatic N) is 3. The summed E-state index contributed by atoms with van der Waals surface area (Å²) in [6, 6.07) is 7.76. The van der Waals surface area contributed by atoms with Gasteiger partial charge in [0.15, 0.2) is 11.9 Å². The van der Waals surface area contributed by atoms with E-state index in [1.807, 2.05) is 43.0 Å². The van der Waals surface area contributed by atoms with Gasteiger partial charge >= 0.3 is 0 Å². The van der Waals surface area contributed by atoms with Crippen molar-refractivity contribution in [1.82, 2.24) is 15.0 Å². The zero-order valence-corrected chi connectivity index (χ0v) is 13.9. The van der Waals surface area contributed by atoms with Crippen LogP contribution in [0.5, 0.6) is 5.75 Å².